The number of carbonyl (C=O) groups excluding carboxylic acids is 1. The number of amides is 1. The number of aromatic nitrogens is 3. The normalized spacial score (nSPS) is 11.1. The monoisotopic (exact) mass is 398 g/mol. The molecule has 3 aromatic heterocycles. The highest BCUT2D eigenvalue weighted by Crippen LogP contribution is 2.25. The van der Waals surface area contributed by atoms with E-state index < -0.39 is 0 Å². The molecular weight excluding hydrogens is 380 g/mol. The van der Waals surface area contributed by atoms with Crippen molar-refractivity contribution in [2.24, 2.45) is 0 Å². The minimum absolute atomic E-state index is 0.177. The van der Waals surface area contributed by atoms with Gasteiger partial charge in [0.2, 0.25) is 5.76 Å². The van der Waals surface area contributed by atoms with Gasteiger partial charge in [0.05, 0.1) is 11.0 Å². The molecule has 0 saturated heterocycles. The van der Waals surface area contributed by atoms with E-state index in [1.54, 1.807) is 12.1 Å². The Labute approximate surface area is 171 Å². The highest BCUT2D eigenvalue weighted by molar-refractivity contribution is 6.03. The zero-order valence-electron chi connectivity index (χ0n) is 16.4. The number of anilines is 1. The van der Waals surface area contributed by atoms with Gasteiger partial charge in [0, 0.05) is 17.3 Å². The fraction of sp³-hybridized carbons (Fsp3) is 0.0870. The van der Waals surface area contributed by atoms with Crippen molar-refractivity contribution in [1.29, 1.82) is 0 Å². The van der Waals surface area contributed by atoms with Crippen molar-refractivity contribution in [2.45, 2.75) is 13.8 Å². The molecular formula is C23H18N4O3. The maximum Gasteiger partial charge on any atom is 0.277 e. The number of furan rings is 1. The summed E-state index contributed by atoms with van der Waals surface area (Å²) in [6.07, 6.45) is 0. The lowest BCUT2D eigenvalue weighted by molar-refractivity contribution is 0.101. The molecule has 148 valence electrons. The highest BCUT2D eigenvalue weighted by atomic mass is 16.5. The first-order valence-electron chi connectivity index (χ1n) is 9.47. The van der Waals surface area contributed by atoms with Crippen LogP contribution in [-0.4, -0.2) is 21.0 Å². The van der Waals surface area contributed by atoms with Crippen LogP contribution in [0.25, 0.3) is 33.9 Å². The average molecular weight is 398 g/mol. The molecule has 0 aliphatic heterocycles. The molecule has 7 heteroatoms. The second-order valence-electron chi connectivity index (χ2n) is 7.12. The molecule has 0 aliphatic carbocycles. The smallest absolute Gasteiger partial charge is 0.277 e. The quantitative estimate of drug-likeness (QED) is 0.425. The van der Waals surface area contributed by atoms with Crippen LogP contribution in [0.2, 0.25) is 0 Å². The Bertz CT molecular complexity index is 1360. The Morgan fingerprint density at radius 3 is 2.57 bits per heavy atom. The molecule has 0 bridgehead atoms. The van der Waals surface area contributed by atoms with Crippen LogP contribution in [0.5, 0.6) is 0 Å². The van der Waals surface area contributed by atoms with Crippen LogP contribution >= 0.6 is 0 Å². The van der Waals surface area contributed by atoms with Crippen LogP contribution in [0, 0.1) is 13.8 Å². The van der Waals surface area contributed by atoms with E-state index in [0.717, 1.165) is 28.2 Å². The van der Waals surface area contributed by atoms with E-state index in [2.05, 4.69) is 26.5 Å². The van der Waals surface area contributed by atoms with Crippen molar-refractivity contribution in [1.82, 2.24) is 15.1 Å². The third kappa shape index (κ3) is 3.37. The van der Waals surface area contributed by atoms with Crippen molar-refractivity contribution in [2.75, 3.05) is 5.32 Å². The number of aromatic amines is 1. The Morgan fingerprint density at radius 1 is 0.967 bits per heavy atom. The molecule has 0 radical (unpaired) electrons. The van der Waals surface area contributed by atoms with Gasteiger partial charge >= 0.3 is 0 Å². The summed E-state index contributed by atoms with van der Waals surface area (Å²) in [4.78, 5) is 20.4. The van der Waals surface area contributed by atoms with Gasteiger partial charge in [0.15, 0.2) is 11.5 Å². The molecule has 0 atom stereocenters. The van der Waals surface area contributed by atoms with Gasteiger partial charge in [-0.1, -0.05) is 11.2 Å². The molecule has 2 aromatic carbocycles. The second kappa shape index (κ2) is 7.04. The summed E-state index contributed by atoms with van der Waals surface area (Å²) >= 11 is 0. The van der Waals surface area contributed by atoms with Crippen LogP contribution in [0.15, 0.2) is 69.6 Å². The minimum Gasteiger partial charge on any atom is -0.458 e. The van der Waals surface area contributed by atoms with Gasteiger partial charge < -0.3 is 19.2 Å². The molecule has 0 spiro atoms. The summed E-state index contributed by atoms with van der Waals surface area (Å²) in [7, 11) is 0. The molecule has 1 amide bonds. The fourth-order valence-electron chi connectivity index (χ4n) is 3.23. The SMILES string of the molecule is Cc1ccc2nc(-c3ccc(NC(=O)c4cc(-c5ccc(C)o5)on4)cc3)[nH]c2c1. The third-order valence-corrected chi connectivity index (χ3v) is 4.78. The summed E-state index contributed by atoms with van der Waals surface area (Å²) in [5.74, 6) is 2.11. The van der Waals surface area contributed by atoms with E-state index in [-0.39, 0.29) is 11.6 Å². The average Bonchev–Trinajstić information content (AvgIpc) is 3.47. The lowest BCUT2D eigenvalue weighted by Gasteiger charge is -2.03. The lowest BCUT2D eigenvalue weighted by Crippen LogP contribution is -2.11. The molecule has 0 saturated carbocycles. The van der Waals surface area contributed by atoms with E-state index in [1.807, 2.05) is 56.3 Å². The summed E-state index contributed by atoms with van der Waals surface area (Å²) < 4.78 is 10.7. The molecule has 2 N–H and O–H groups in total. The number of imidazole rings is 1. The molecule has 3 heterocycles. The standard InChI is InChI=1S/C23H18N4O3/c1-13-3-9-17-18(11-13)26-22(25-17)15-5-7-16(8-6-15)24-23(28)19-12-21(30-27-19)20-10-4-14(2)29-20/h3-12H,1-2H3,(H,24,28)(H,25,26). The van der Waals surface area contributed by atoms with E-state index in [0.29, 0.717) is 17.2 Å². The van der Waals surface area contributed by atoms with Crippen molar-refractivity contribution < 1.29 is 13.7 Å². The maximum atomic E-state index is 12.5. The van der Waals surface area contributed by atoms with E-state index in [1.165, 1.54) is 5.56 Å². The van der Waals surface area contributed by atoms with Crippen molar-refractivity contribution in [3.63, 3.8) is 0 Å². The van der Waals surface area contributed by atoms with Crippen molar-refractivity contribution >= 4 is 22.6 Å². The summed E-state index contributed by atoms with van der Waals surface area (Å²) in [6.45, 7) is 3.88. The van der Waals surface area contributed by atoms with Gasteiger partial charge in [0.25, 0.3) is 5.91 Å². The predicted molar refractivity (Wildman–Crippen MR) is 113 cm³/mol. The first-order chi connectivity index (χ1) is 14.5. The largest absolute Gasteiger partial charge is 0.458 e. The number of nitrogens with zero attached hydrogens (tertiary/aromatic N) is 2. The summed E-state index contributed by atoms with van der Waals surface area (Å²) in [5.41, 5.74) is 4.84. The fourth-order valence-corrected chi connectivity index (χ4v) is 3.23. The predicted octanol–water partition coefficient (Wildman–Crippen LogP) is 5.35. The van der Waals surface area contributed by atoms with E-state index in [9.17, 15) is 4.79 Å². The van der Waals surface area contributed by atoms with Crippen molar-refractivity contribution in [3.8, 4) is 22.9 Å². The second-order valence-corrected chi connectivity index (χ2v) is 7.12. The van der Waals surface area contributed by atoms with Crippen LogP contribution in [0.4, 0.5) is 5.69 Å². The number of hydrogen-bond donors (Lipinski definition) is 2. The molecule has 0 unspecified atom stereocenters. The van der Waals surface area contributed by atoms with Crippen molar-refractivity contribution in [3.05, 3.63) is 77.7 Å². The third-order valence-electron chi connectivity index (χ3n) is 4.78. The first kappa shape index (κ1) is 17.9. The molecule has 5 aromatic rings. The van der Waals surface area contributed by atoms with Gasteiger partial charge in [-0.25, -0.2) is 4.98 Å². The van der Waals surface area contributed by atoms with Gasteiger partial charge in [-0.05, 0) is 67.9 Å². The Balaban J connectivity index is 1.32. The van der Waals surface area contributed by atoms with Crippen LogP contribution in [0.1, 0.15) is 21.8 Å². The summed E-state index contributed by atoms with van der Waals surface area (Å²) in [5, 5.41) is 6.65. The molecule has 0 fully saturated rings. The van der Waals surface area contributed by atoms with Gasteiger partial charge in [-0.3, -0.25) is 4.79 Å². The molecule has 0 aliphatic rings. The topological polar surface area (TPSA) is 97.0 Å². The number of H-pyrrole nitrogens is 1. The number of rotatable bonds is 4. The van der Waals surface area contributed by atoms with Gasteiger partial charge in [-0.2, -0.15) is 0 Å². The number of fused-ring (bicyclic) bond motifs is 1. The van der Waals surface area contributed by atoms with E-state index in [4.69, 9.17) is 8.94 Å². The zero-order chi connectivity index (χ0) is 20.7. The molecule has 30 heavy (non-hydrogen) atoms. The summed E-state index contributed by atoms with van der Waals surface area (Å²) in [6, 6.07) is 18.7. The highest BCUT2D eigenvalue weighted by Gasteiger charge is 2.16. The van der Waals surface area contributed by atoms with Crippen LogP contribution in [-0.2, 0) is 0 Å². The number of aryl methyl sites for hydroxylation is 2. The minimum atomic E-state index is -0.361. The first-order valence-corrected chi connectivity index (χ1v) is 9.47. The van der Waals surface area contributed by atoms with Gasteiger partial charge in [0.1, 0.15) is 11.6 Å². The Morgan fingerprint density at radius 2 is 1.80 bits per heavy atom. The number of nitrogens with one attached hydrogen (secondary N) is 2. The number of benzene rings is 2. The zero-order valence-corrected chi connectivity index (χ0v) is 16.4. The molecule has 7 nitrogen and oxygen atoms in total. The van der Waals surface area contributed by atoms with Crippen LogP contribution in [0.3, 0.4) is 0 Å². The number of carbonyl (C=O) groups is 1. The van der Waals surface area contributed by atoms with Gasteiger partial charge in [-0.15, -0.1) is 0 Å². The Hall–Kier alpha value is -4.13. The maximum absolute atomic E-state index is 12.5. The number of hydrogen-bond acceptors (Lipinski definition) is 5. The lowest BCUT2D eigenvalue weighted by atomic mass is 10.2. The van der Waals surface area contributed by atoms with Crippen LogP contribution < -0.4 is 5.32 Å². The van der Waals surface area contributed by atoms with E-state index >= 15 is 0 Å². The Kier molecular flexibility index (Phi) is 4.21. The molecule has 5 rings (SSSR count).